The van der Waals surface area contributed by atoms with Gasteiger partial charge >= 0.3 is 96.8 Å². The normalized spacial score (nSPS) is 11.1. The van der Waals surface area contributed by atoms with E-state index in [1.807, 2.05) is 0 Å². The molecule has 0 bridgehead atoms. The summed E-state index contributed by atoms with van der Waals surface area (Å²) in [6.07, 6.45) is 10.3. The van der Waals surface area contributed by atoms with Crippen LogP contribution in [-0.2, 0) is 3.10 Å². The molecule has 0 aromatic rings. The third kappa shape index (κ3) is 10.7. The molecule has 14 heavy (non-hydrogen) atoms. The van der Waals surface area contributed by atoms with Crippen LogP contribution in [0.3, 0.4) is 0 Å². The Morgan fingerprint density at radius 1 is 0.714 bits per heavy atom. The van der Waals surface area contributed by atoms with E-state index < -0.39 is 19.5 Å². The van der Waals surface area contributed by atoms with Crippen molar-refractivity contribution in [2.75, 3.05) is 0 Å². The molecule has 1 nitrogen and oxygen atoms in total. The van der Waals surface area contributed by atoms with E-state index in [-0.39, 0.29) is 0 Å². The monoisotopic (exact) mass is 316 g/mol. The van der Waals surface area contributed by atoms with Crippen LogP contribution in [0.4, 0.5) is 0 Å². The van der Waals surface area contributed by atoms with Gasteiger partial charge in [-0.05, 0) is 0 Å². The van der Waals surface area contributed by atoms with Gasteiger partial charge < -0.3 is 0 Å². The van der Waals surface area contributed by atoms with Gasteiger partial charge in [0, 0.05) is 0 Å². The Kier molecular flexibility index (Phi) is 12.2. The molecule has 0 fully saturated rings. The molecule has 0 heterocycles. The van der Waals surface area contributed by atoms with Gasteiger partial charge in [-0.1, -0.05) is 0 Å². The van der Waals surface area contributed by atoms with Gasteiger partial charge in [-0.25, -0.2) is 0 Å². The van der Waals surface area contributed by atoms with Crippen LogP contribution in [0, 0.1) is 0 Å². The van der Waals surface area contributed by atoms with Crippen LogP contribution in [0.2, 0.25) is 8.94 Å². The average Bonchev–Trinajstić information content (AvgIpc) is 2.19. The first-order valence-corrected chi connectivity index (χ1v) is 10.4. The first kappa shape index (κ1) is 14.6. The fraction of sp³-hybridized carbons (Fsp3) is 1.00. The van der Waals surface area contributed by atoms with Crippen LogP contribution in [-0.4, -0.2) is 19.5 Å². The second kappa shape index (κ2) is 11.7. The number of hydrogen-bond donors (Lipinski definition) is 0. The Labute approximate surface area is 96.7 Å². The minimum absolute atomic E-state index is 1.08. The maximum absolute atomic E-state index is 11.6. The summed E-state index contributed by atoms with van der Waals surface area (Å²) in [5, 5.41) is 0. The van der Waals surface area contributed by atoms with Crippen molar-refractivity contribution >= 4 is 19.5 Å². The van der Waals surface area contributed by atoms with Gasteiger partial charge in [0.05, 0.1) is 0 Å². The van der Waals surface area contributed by atoms with Gasteiger partial charge in [-0.15, -0.1) is 0 Å². The second-order valence-corrected chi connectivity index (χ2v) is 8.81. The third-order valence-corrected chi connectivity index (χ3v) is 6.70. The van der Waals surface area contributed by atoms with E-state index in [0.29, 0.717) is 0 Å². The molecule has 0 unspecified atom stereocenters. The van der Waals surface area contributed by atoms with Crippen molar-refractivity contribution in [3.05, 3.63) is 0 Å². The molecule has 0 radical (unpaired) electrons. The molecule has 0 N–H and O–H groups in total. The molecule has 0 aliphatic rings. The van der Waals surface area contributed by atoms with Gasteiger partial charge in [-0.2, -0.15) is 0 Å². The average molecular weight is 314 g/mol. The van der Waals surface area contributed by atoms with Gasteiger partial charge in [0.2, 0.25) is 0 Å². The number of unbranched alkanes of at least 4 members (excludes halogenated alkanes) is 6. The molecule has 0 aromatic heterocycles. The maximum atomic E-state index is 11.6. The SMILES string of the molecule is CCCCCC[Te](=O)CCCCCC. The molecular formula is C12H26OTe. The molecular weight excluding hydrogens is 288 g/mol. The second-order valence-electron chi connectivity index (χ2n) is 3.97. The minimum atomic E-state index is -1.82. The third-order valence-electron chi connectivity index (χ3n) is 2.45. The van der Waals surface area contributed by atoms with E-state index in [2.05, 4.69) is 13.8 Å². The van der Waals surface area contributed by atoms with Gasteiger partial charge in [0.25, 0.3) is 0 Å². The van der Waals surface area contributed by atoms with Crippen LogP contribution in [0.25, 0.3) is 0 Å². The van der Waals surface area contributed by atoms with Crippen molar-refractivity contribution < 1.29 is 3.10 Å². The van der Waals surface area contributed by atoms with Gasteiger partial charge in [0.15, 0.2) is 0 Å². The molecule has 0 saturated carbocycles. The van der Waals surface area contributed by atoms with Crippen molar-refractivity contribution in [3.8, 4) is 0 Å². The number of hydrogen-bond acceptors (Lipinski definition) is 1. The zero-order valence-electron chi connectivity index (χ0n) is 9.89. The summed E-state index contributed by atoms with van der Waals surface area (Å²) >= 11 is -1.82. The van der Waals surface area contributed by atoms with Crippen LogP contribution < -0.4 is 0 Å². The predicted octanol–water partition coefficient (Wildman–Crippen LogP) is 4.57. The quantitative estimate of drug-likeness (QED) is 0.426. The molecule has 0 aliphatic heterocycles. The van der Waals surface area contributed by atoms with Crippen LogP contribution >= 0.6 is 0 Å². The van der Waals surface area contributed by atoms with E-state index >= 15 is 0 Å². The summed E-state index contributed by atoms with van der Waals surface area (Å²) in [5.41, 5.74) is 0. The van der Waals surface area contributed by atoms with Crippen LogP contribution in [0.15, 0.2) is 0 Å². The van der Waals surface area contributed by atoms with Crippen molar-refractivity contribution in [2.45, 2.75) is 74.2 Å². The van der Waals surface area contributed by atoms with Crippen molar-refractivity contribution in [2.24, 2.45) is 0 Å². The summed E-state index contributed by atoms with van der Waals surface area (Å²) in [7, 11) is 0. The topological polar surface area (TPSA) is 17.1 Å². The van der Waals surface area contributed by atoms with E-state index in [1.165, 1.54) is 51.4 Å². The molecule has 0 rings (SSSR count). The zero-order valence-corrected chi connectivity index (χ0v) is 12.2. The predicted molar refractivity (Wildman–Crippen MR) is 64.3 cm³/mol. The molecule has 0 aliphatic carbocycles. The van der Waals surface area contributed by atoms with Gasteiger partial charge in [0.1, 0.15) is 0 Å². The Bertz CT molecular complexity index is 120. The Morgan fingerprint density at radius 3 is 1.50 bits per heavy atom. The van der Waals surface area contributed by atoms with E-state index in [0.717, 1.165) is 8.94 Å². The summed E-state index contributed by atoms with van der Waals surface area (Å²) in [6.45, 7) is 4.44. The molecule has 0 spiro atoms. The molecule has 0 amide bonds. The van der Waals surface area contributed by atoms with Crippen LogP contribution in [0.5, 0.6) is 0 Å². The summed E-state index contributed by atoms with van der Waals surface area (Å²) in [6, 6.07) is 0. The fourth-order valence-electron chi connectivity index (χ4n) is 1.48. The summed E-state index contributed by atoms with van der Waals surface area (Å²) in [5.74, 6) is 0. The van der Waals surface area contributed by atoms with Crippen LogP contribution in [0.1, 0.15) is 65.2 Å². The van der Waals surface area contributed by atoms with Gasteiger partial charge in [-0.3, -0.25) is 0 Å². The van der Waals surface area contributed by atoms with E-state index in [1.54, 1.807) is 0 Å². The molecule has 86 valence electrons. The zero-order chi connectivity index (χ0) is 10.6. The Morgan fingerprint density at radius 2 is 1.14 bits per heavy atom. The van der Waals surface area contributed by atoms with E-state index in [4.69, 9.17) is 0 Å². The Balaban J connectivity index is 3.11. The molecule has 0 aromatic carbocycles. The van der Waals surface area contributed by atoms with Crippen molar-refractivity contribution in [1.82, 2.24) is 0 Å². The standard InChI is InChI=1S/C12H26OTe/c1-3-5-7-9-11-14(13)12-10-8-6-4-2/h3-12H2,1-2H3. The van der Waals surface area contributed by atoms with Crippen molar-refractivity contribution in [3.63, 3.8) is 0 Å². The first-order valence-electron chi connectivity index (χ1n) is 6.16. The summed E-state index contributed by atoms with van der Waals surface area (Å²) < 4.78 is 13.8. The first-order chi connectivity index (χ1) is 6.81. The van der Waals surface area contributed by atoms with E-state index in [9.17, 15) is 3.10 Å². The Hall–Kier alpha value is 0.590. The van der Waals surface area contributed by atoms with Crippen molar-refractivity contribution in [1.29, 1.82) is 0 Å². The number of rotatable bonds is 10. The molecule has 0 saturated heterocycles. The molecule has 0 atom stereocenters. The summed E-state index contributed by atoms with van der Waals surface area (Å²) in [4.78, 5) is 0. The fourth-order valence-corrected chi connectivity index (χ4v) is 5.07. The molecule has 2 heteroatoms.